The van der Waals surface area contributed by atoms with Crippen LogP contribution < -0.4 is 9.64 Å². The second kappa shape index (κ2) is 9.62. The van der Waals surface area contributed by atoms with E-state index in [4.69, 9.17) is 4.74 Å². The summed E-state index contributed by atoms with van der Waals surface area (Å²) in [5, 5.41) is 21.9. The summed E-state index contributed by atoms with van der Waals surface area (Å²) < 4.78 is 5.59. The Hall–Kier alpha value is -4.59. The molecule has 1 aromatic heterocycles. The Morgan fingerprint density at radius 1 is 1.05 bits per heavy atom. The molecule has 3 N–H and O–H groups in total. The molecule has 1 unspecified atom stereocenters. The van der Waals surface area contributed by atoms with Gasteiger partial charge in [-0.05, 0) is 92.1 Å². The maximum absolute atomic E-state index is 13.6. The van der Waals surface area contributed by atoms with Crippen molar-refractivity contribution in [3.05, 3.63) is 88.0 Å². The number of anilines is 1. The number of carbonyl (C=O) groups is 2. The molecule has 0 spiro atoms. The molecule has 0 saturated carbocycles. The van der Waals surface area contributed by atoms with Crippen molar-refractivity contribution in [2.45, 2.75) is 45.6 Å². The van der Waals surface area contributed by atoms with Crippen LogP contribution in [0.15, 0.2) is 60.2 Å². The quantitative estimate of drug-likeness (QED) is 0.181. The molecule has 1 atom stereocenters. The molecule has 2 aliphatic rings. The predicted molar refractivity (Wildman–Crippen MR) is 148 cm³/mol. The number of nitrogens with one attached hydrogen (secondary N) is 1. The van der Waals surface area contributed by atoms with E-state index in [1.807, 2.05) is 37.3 Å². The van der Waals surface area contributed by atoms with Crippen molar-refractivity contribution in [1.82, 2.24) is 9.97 Å². The fourth-order valence-corrected chi connectivity index (χ4v) is 5.60. The number of phenols is 1. The number of phenolic OH excluding ortho intramolecular Hbond substituents is 1. The molecule has 6 rings (SSSR count). The zero-order valence-corrected chi connectivity index (χ0v) is 21.8. The van der Waals surface area contributed by atoms with E-state index in [0.717, 1.165) is 42.3 Å². The minimum Gasteiger partial charge on any atom is -0.507 e. The number of carbonyl (C=O) groups excluding carboxylic acids is 2. The average Bonchev–Trinajstić information content (AvgIpc) is 3.46. The van der Waals surface area contributed by atoms with Gasteiger partial charge in [0.1, 0.15) is 5.76 Å². The second-order valence-electron chi connectivity index (χ2n) is 10.1. The van der Waals surface area contributed by atoms with Gasteiger partial charge < -0.3 is 19.9 Å². The third-order valence-electron chi connectivity index (χ3n) is 7.52. The Morgan fingerprint density at radius 3 is 2.64 bits per heavy atom. The largest absolute Gasteiger partial charge is 0.507 e. The number of benzene rings is 3. The predicted octanol–water partition coefficient (Wildman–Crippen LogP) is 5.48. The maximum Gasteiger partial charge on any atom is 0.302 e. The highest BCUT2D eigenvalue weighted by Gasteiger charge is 2.48. The molecule has 2 heterocycles. The van der Waals surface area contributed by atoms with E-state index < -0.39 is 17.7 Å². The number of aromatic hydroxyl groups is 1. The van der Waals surface area contributed by atoms with Crippen molar-refractivity contribution in [3.8, 4) is 11.5 Å². The molecule has 0 radical (unpaired) electrons. The van der Waals surface area contributed by atoms with Gasteiger partial charge in [-0.15, -0.1) is 0 Å². The van der Waals surface area contributed by atoms with Crippen LogP contribution in [0.4, 0.5) is 5.95 Å². The van der Waals surface area contributed by atoms with E-state index >= 15 is 0 Å². The number of aliphatic hydroxyl groups is 1. The summed E-state index contributed by atoms with van der Waals surface area (Å²) in [6, 6.07) is 15.1. The molecule has 1 aliphatic heterocycles. The molecular weight excluding hydrogens is 494 g/mol. The van der Waals surface area contributed by atoms with Gasteiger partial charge in [0.05, 0.1) is 29.3 Å². The van der Waals surface area contributed by atoms with E-state index in [1.165, 1.54) is 16.5 Å². The molecule has 1 amide bonds. The van der Waals surface area contributed by atoms with E-state index in [9.17, 15) is 19.8 Å². The summed E-state index contributed by atoms with van der Waals surface area (Å²) in [6.07, 6.45) is 4.09. The number of aryl methyl sites for hydroxylation is 3. The van der Waals surface area contributed by atoms with Crippen LogP contribution in [-0.2, 0) is 22.4 Å². The van der Waals surface area contributed by atoms with Crippen molar-refractivity contribution in [2.24, 2.45) is 0 Å². The number of hydrogen-bond acceptors (Lipinski definition) is 6. The second-order valence-corrected chi connectivity index (χ2v) is 10.1. The SMILES string of the molecule is CCOc1cc(C2/C(=C(\O)c3ccc4c(c3)CCCC4)C(=O)C(=O)N2c2nc3ccc(C)cc3[nH]2)ccc1O. The minimum absolute atomic E-state index is 0.0412. The highest BCUT2D eigenvalue weighted by molar-refractivity contribution is 6.51. The Labute approximate surface area is 225 Å². The molecular formula is C31H29N3O5. The van der Waals surface area contributed by atoms with Gasteiger partial charge in [0.25, 0.3) is 5.78 Å². The van der Waals surface area contributed by atoms with Gasteiger partial charge in [0, 0.05) is 5.56 Å². The molecule has 198 valence electrons. The molecule has 1 fully saturated rings. The molecule has 4 aromatic rings. The van der Waals surface area contributed by atoms with Gasteiger partial charge in [0.15, 0.2) is 11.5 Å². The summed E-state index contributed by atoms with van der Waals surface area (Å²) in [5.74, 6) is -1.51. The lowest BCUT2D eigenvalue weighted by Gasteiger charge is -2.24. The first-order valence-corrected chi connectivity index (χ1v) is 13.2. The van der Waals surface area contributed by atoms with Crippen molar-refractivity contribution in [1.29, 1.82) is 0 Å². The highest BCUT2D eigenvalue weighted by atomic mass is 16.5. The van der Waals surface area contributed by atoms with Crippen molar-refractivity contribution >= 4 is 34.4 Å². The Bertz CT molecular complexity index is 1670. The topological polar surface area (TPSA) is 116 Å². The summed E-state index contributed by atoms with van der Waals surface area (Å²) in [7, 11) is 0. The number of fused-ring (bicyclic) bond motifs is 2. The average molecular weight is 524 g/mol. The highest BCUT2D eigenvalue weighted by Crippen LogP contribution is 2.44. The molecule has 1 saturated heterocycles. The molecule has 8 nitrogen and oxygen atoms in total. The summed E-state index contributed by atoms with van der Waals surface area (Å²) in [4.78, 5) is 36.2. The lowest BCUT2D eigenvalue weighted by molar-refractivity contribution is -0.132. The molecule has 8 heteroatoms. The third kappa shape index (κ3) is 4.22. The van der Waals surface area contributed by atoms with Crippen LogP contribution in [0.2, 0.25) is 0 Å². The fourth-order valence-electron chi connectivity index (χ4n) is 5.60. The van der Waals surface area contributed by atoms with Gasteiger partial charge in [-0.2, -0.15) is 0 Å². The van der Waals surface area contributed by atoms with Crippen LogP contribution in [0.5, 0.6) is 11.5 Å². The summed E-state index contributed by atoms with van der Waals surface area (Å²) in [5.41, 5.74) is 5.71. The molecule has 1 aliphatic carbocycles. The number of imidazole rings is 1. The van der Waals surface area contributed by atoms with Crippen LogP contribution in [-0.4, -0.2) is 38.5 Å². The van der Waals surface area contributed by atoms with Crippen LogP contribution >= 0.6 is 0 Å². The standard InChI is InChI=1S/C31H29N3O5/c1-3-39-25-16-20(11-13-24(25)35)27-26(28(36)21-10-9-18-6-4-5-7-19(18)15-21)29(37)30(38)34(27)31-32-22-12-8-17(2)14-23(22)33-31/h8-16,27,35-36H,3-7H2,1-2H3,(H,32,33)/b28-26+. The zero-order chi connectivity index (χ0) is 27.3. The molecule has 3 aromatic carbocycles. The Balaban J connectivity index is 1.55. The number of aliphatic hydroxyl groups excluding tert-OH is 1. The zero-order valence-electron chi connectivity index (χ0n) is 21.8. The molecule has 39 heavy (non-hydrogen) atoms. The summed E-state index contributed by atoms with van der Waals surface area (Å²) in [6.45, 7) is 4.07. The van der Waals surface area contributed by atoms with Gasteiger partial charge in [-0.1, -0.05) is 24.3 Å². The Morgan fingerprint density at radius 2 is 1.85 bits per heavy atom. The number of aromatic amines is 1. The minimum atomic E-state index is -0.998. The Kier molecular flexibility index (Phi) is 6.10. The monoisotopic (exact) mass is 523 g/mol. The first-order valence-electron chi connectivity index (χ1n) is 13.2. The van der Waals surface area contributed by atoms with Gasteiger partial charge >= 0.3 is 5.91 Å². The summed E-state index contributed by atoms with van der Waals surface area (Å²) >= 11 is 0. The normalized spacial score (nSPS) is 18.5. The van der Waals surface area contributed by atoms with Crippen LogP contribution in [0.25, 0.3) is 16.8 Å². The van der Waals surface area contributed by atoms with Crippen LogP contribution in [0.3, 0.4) is 0 Å². The number of Topliss-reactive ketones (excluding diaryl/α,β-unsaturated/α-hetero) is 1. The fraction of sp³-hybridized carbons (Fsp3) is 0.258. The first kappa shape index (κ1) is 24.7. The number of H-pyrrole nitrogens is 1. The van der Waals surface area contributed by atoms with E-state index in [-0.39, 0.29) is 28.8 Å². The van der Waals surface area contributed by atoms with Crippen molar-refractivity contribution in [3.63, 3.8) is 0 Å². The first-order chi connectivity index (χ1) is 18.9. The maximum atomic E-state index is 13.6. The van der Waals surface area contributed by atoms with E-state index in [1.54, 1.807) is 25.1 Å². The van der Waals surface area contributed by atoms with Crippen molar-refractivity contribution < 1.29 is 24.5 Å². The van der Waals surface area contributed by atoms with Gasteiger partial charge in [0.2, 0.25) is 5.95 Å². The molecule has 0 bridgehead atoms. The van der Waals surface area contributed by atoms with E-state index in [0.29, 0.717) is 23.3 Å². The number of ether oxygens (including phenoxy) is 1. The van der Waals surface area contributed by atoms with Crippen LogP contribution in [0.1, 0.15) is 53.6 Å². The number of hydrogen-bond donors (Lipinski definition) is 3. The smallest absolute Gasteiger partial charge is 0.302 e. The third-order valence-corrected chi connectivity index (χ3v) is 7.52. The lowest BCUT2D eigenvalue weighted by atomic mass is 9.88. The van der Waals surface area contributed by atoms with Gasteiger partial charge in [-0.3, -0.25) is 14.5 Å². The number of nitrogens with zero attached hydrogens (tertiary/aromatic N) is 2. The number of aromatic nitrogens is 2. The van der Waals surface area contributed by atoms with Crippen molar-refractivity contribution in [2.75, 3.05) is 11.5 Å². The lowest BCUT2D eigenvalue weighted by Crippen LogP contribution is -2.30. The van der Waals surface area contributed by atoms with Gasteiger partial charge in [-0.25, -0.2) is 4.98 Å². The number of rotatable bonds is 5. The van der Waals surface area contributed by atoms with E-state index in [2.05, 4.69) is 9.97 Å². The number of ketones is 1. The number of amides is 1. The van der Waals surface area contributed by atoms with Crippen LogP contribution in [0, 0.1) is 6.92 Å².